The molecule has 264 valence electrons. The molecule has 2 heteroatoms. The summed E-state index contributed by atoms with van der Waals surface area (Å²) in [5, 5.41) is 5.08. The first-order valence-electron chi connectivity index (χ1n) is 19.5. The van der Waals surface area contributed by atoms with Crippen molar-refractivity contribution >= 4 is 49.6 Å². The van der Waals surface area contributed by atoms with Crippen LogP contribution in [0.3, 0.4) is 0 Å². The van der Waals surface area contributed by atoms with Gasteiger partial charge < -0.3 is 9.47 Å². The fourth-order valence-electron chi connectivity index (χ4n) is 9.09. The summed E-state index contributed by atoms with van der Waals surface area (Å²) >= 11 is 0. The minimum Gasteiger partial charge on any atom is -0.310 e. The van der Waals surface area contributed by atoms with Gasteiger partial charge in [-0.3, -0.25) is 0 Å². The molecule has 2 nitrogen and oxygen atoms in total. The van der Waals surface area contributed by atoms with Crippen LogP contribution in [0.15, 0.2) is 206 Å². The Morgan fingerprint density at radius 1 is 0.393 bits per heavy atom. The number of nitrogens with zero attached hydrogens (tertiary/aromatic N) is 2. The molecule has 0 aliphatic heterocycles. The number of fused-ring (bicyclic) bond motifs is 8. The SMILES string of the molecule is CC1c2ccccc2-c2ccc(N(c3ccc(-c4ccccc4)cc3)c3ccc(-c4ccc5c(c4)c4c6ccccc6ccc4n5-c4ccccc4)cc3)cc21. The molecule has 0 fully saturated rings. The van der Waals surface area contributed by atoms with Crippen molar-refractivity contribution in [3.63, 3.8) is 0 Å². The molecule has 1 heterocycles. The van der Waals surface area contributed by atoms with E-state index in [4.69, 9.17) is 0 Å². The maximum Gasteiger partial charge on any atom is 0.0547 e. The molecule has 0 N–H and O–H groups in total. The van der Waals surface area contributed by atoms with E-state index >= 15 is 0 Å². The van der Waals surface area contributed by atoms with Gasteiger partial charge in [-0.2, -0.15) is 0 Å². The van der Waals surface area contributed by atoms with E-state index in [1.54, 1.807) is 0 Å². The molecule has 1 aromatic heterocycles. The lowest BCUT2D eigenvalue weighted by molar-refractivity contribution is 0.956. The maximum atomic E-state index is 2.40. The molecule has 0 saturated carbocycles. The summed E-state index contributed by atoms with van der Waals surface area (Å²) in [6.07, 6.45) is 0. The first kappa shape index (κ1) is 32.3. The predicted molar refractivity (Wildman–Crippen MR) is 237 cm³/mol. The molecule has 1 aliphatic rings. The van der Waals surface area contributed by atoms with Crippen molar-refractivity contribution in [3.8, 4) is 39.1 Å². The lowest BCUT2D eigenvalue weighted by atomic mass is 9.98. The molecule has 0 radical (unpaired) electrons. The van der Waals surface area contributed by atoms with E-state index in [9.17, 15) is 0 Å². The number of rotatable bonds is 6. The lowest BCUT2D eigenvalue weighted by Crippen LogP contribution is -2.10. The van der Waals surface area contributed by atoms with Crippen LogP contribution in [-0.4, -0.2) is 4.57 Å². The van der Waals surface area contributed by atoms with Crippen molar-refractivity contribution in [2.45, 2.75) is 12.8 Å². The summed E-state index contributed by atoms with van der Waals surface area (Å²) in [4.78, 5) is 2.40. The molecule has 10 aromatic rings. The van der Waals surface area contributed by atoms with E-state index in [0.717, 1.165) is 17.1 Å². The Morgan fingerprint density at radius 3 is 1.73 bits per heavy atom. The van der Waals surface area contributed by atoms with Gasteiger partial charge in [0.15, 0.2) is 0 Å². The zero-order chi connectivity index (χ0) is 37.2. The zero-order valence-electron chi connectivity index (χ0n) is 31.1. The molecule has 56 heavy (non-hydrogen) atoms. The van der Waals surface area contributed by atoms with Crippen molar-refractivity contribution in [2.24, 2.45) is 0 Å². The first-order chi connectivity index (χ1) is 27.7. The number of anilines is 3. The molecule has 11 rings (SSSR count). The van der Waals surface area contributed by atoms with Crippen LogP contribution in [0.5, 0.6) is 0 Å². The summed E-state index contributed by atoms with van der Waals surface area (Å²) < 4.78 is 2.40. The molecule has 0 saturated heterocycles. The Morgan fingerprint density at radius 2 is 0.964 bits per heavy atom. The Labute approximate surface area is 327 Å². The quantitative estimate of drug-likeness (QED) is 0.166. The smallest absolute Gasteiger partial charge is 0.0547 e. The lowest BCUT2D eigenvalue weighted by Gasteiger charge is -2.27. The van der Waals surface area contributed by atoms with Crippen molar-refractivity contribution in [3.05, 3.63) is 217 Å². The van der Waals surface area contributed by atoms with Crippen LogP contribution < -0.4 is 4.90 Å². The number of aromatic nitrogens is 1. The molecule has 0 amide bonds. The van der Waals surface area contributed by atoms with Gasteiger partial charge in [0, 0.05) is 39.4 Å². The van der Waals surface area contributed by atoms with Crippen molar-refractivity contribution in [1.82, 2.24) is 4.57 Å². The van der Waals surface area contributed by atoms with E-state index in [1.165, 1.54) is 82.8 Å². The summed E-state index contributed by atoms with van der Waals surface area (Å²) in [6.45, 7) is 2.33. The predicted octanol–water partition coefficient (Wildman–Crippen LogP) is 14.9. The average molecular weight is 715 g/mol. The van der Waals surface area contributed by atoms with Gasteiger partial charge in [-0.15, -0.1) is 0 Å². The van der Waals surface area contributed by atoms with Gasteiger partial charge in [-0.05, 0) is 122 Å². The number of hydrogen-bond acceptors (Lipinski definition) is 1. The van der Waals surface area contributed by atoms with E-state index < -0.39 is 0 Å². The van der Waals surface area contributed by atoms with E-state index in [1.807, 2.05) is 0 Å². The van der Waals surface area contributed by atoms with Gasteiger partial charge in [0.2, 0.25) is 0 Å². The van der Waals surface area contributed by atoms with Crippen LogP contribution in [0.2, 0.25) is 0 Å². The summed E-state index contributed by atoms with van der Waals surface area (Å²) in [5.41, 5.74) is 17.3. The van der Waals surface area contributed by atoms with Gasteiger partial charge in [0.05, 0.1) is 11.0 Å². The topological polar surface area (TPSA) is 8.17 Å². The summed E-state index contributed by atoms with van der Waals surface area (Å²) in [6, 6.07) is 75.5. The second-order valence-corrected chi connectivity index (χ2v) is 15.0. The fraction of sp³-hybridized carbons (Fsp3) is 0.0370. The van der Waals surface area contributed by atoms with Crippen LogP contribution in [0, 0.1) is 0 Å². The van der Waals surface area contributed by atoms with Crippen molar-refractivity contribution in [1.29, 1.82) is 0 Å². The van der Waals surface area contributed by atoms with Crippen LogP contribution in [-0.2, 0) is 0 Å². The van der Waals surface area contributed by atoms with Crippen LogP contribution in [0.25, 0.3) is 71.6 Å². The number of hydrogen-bond donors (Lipinski definition) is 0. The third-order valence-electron chi connectivity index (χ3n) is 11.8. The molecule has 1 unspecified atom stereocenters. The normalized spacial score (nSPS) is 13.3. The summed E-state index contributed by atoms with van der Waals surface area (Å²) in [5.74, 6) is 0.339. The average Bonchev–Trinajstić information content (AvgIpc) is 3.76. The van der Waals surface area contributed by atoms with E-state index in [2.05, 4.69) is 223 Å². The highest BCUT2D eigenvalue weighted by Crippen LogP contribution is 2.48. The second kappa shape index (κ2) is 13.0. The van der Waals surface area contributed by atoms with Gasteiger partial charge in [0.25, 0.3) is 0 Å². The third kappa shape index (κ3) is 5.18. The largest absolute Gasteiger partial charge is 0.310 e. The van der Waals surface area contributed by atoms with Gasteiger partial charge >= 0.3 is 0 Å². The Bertz CT molecular complexity index is 3070. The van der Waals surface area contributed by atoms with E-state index in [0.29, 0.717) is 5.92 Å². The number of benzene rings is 9. The van der Waals surface area contributed by atoms with Gasteiger partial charge in [0.1, 0.15) is 0 Å². The summed E-state index contributed by atoms with van der Waals surface area (Å²) in [7, 11) is 0. The molecule has 0 spiro atoms. The van der Waals surface area contributed by atoms with Gasteiger partial charge in [-0.25, -0.2) is 0 Å². The molecular formula is C54H38N2. The Kier molecular flexibility index (Phi) is 7.50. The highest BCUT2D eigenvalue weighted by molar-refractivity contribution is 6.21. The first-order valence-corrected chi connectivity index (χ1v) is 19.5. The molecular weight excluding hydrogens is 677 g/mol. The monoisotopic (exact) mass is 714 g/mol. The van der Waals surface area contributed by atoms with Crippen LogP contribution >= 0.6 is 0 Å². The third-order valence-corrected chi connectivity index (χ3v) is 11.8. The highest BCUT2D eigenvalue weighted by atomic mass is 15.1. The number of para-hydroxylation sites is 1. The van der Waals surface area contributed by atoms with Crippen LogP contribution in [0.4, 0.5) is 17.1 Å². The second-order valence-electron chi connectivity index (χ2n) is 15.0. The molecule has 9 aromatic carbocycles. The van der Waals surface area contributed by atoms with Crippen molar-refractivity contribution in [2.75, 3.05) is 4.90 Å². The molecule has 1 aliphatic carbocycles. The van der Waals surface area contributed by atoms with Crippen LogP contribution in [0.1, 0.15) is 24.0 Å². The molecule has 1 atom stereocenters. The Balaban J connectivity index is 1.03. The van der Waals surface area contributed by atoms with Gasteiger partial charge in [-0.1, -0.05) is 146 Å². The Hall–Kier alpha value is -7.16. The standard InChI is InChI=1S/C54H38N2/c1-36-46-17-10-11-19-48(46)49-31-30-45(35-50(36)49)55(43-26-20-38(21-27-43)37-12-4-2-5-13-37)44-28-22-39(23-29-44)41-25-32-52-51(34-41)54-47-18-9-8-14-40(47)24-33-53(54)56(52)42-15-6-3-7-16-42/h2-36H,1H3. The molecule has 0 bridgehead atoms. The fourth-order valence-corrected chi connectivity index (χ4v) is 9.09. The zero-order valence-corrected chi connectivity index (χ0v) is 31.1. The highest BCUT2D eigenvalue weighted by Gasteiger charge is 2.26. The maximum absolute atomic E-state index is 2.40. The van der Waals surface area contributed by atoms with Crippen molar-refractivity contribution < 1.29 is 0 Å². The minimum atomic E-state index is 0.339. The minimum absolute atomic E-state index is 0.339. The van der Waals surface area contributed by atoms with E-state index in [-0.39, 0.29) is 0 Å².